The van der Waals surface area contributed by atoms with Gasteiger partial charge in [0.2, 0.25) is 0 Å². The summed E-state index contributed by atoms with van der Waals surface area (Å²) in [4.78, 5) is 0. The second-order valence-corrected chi connectivity index (χ2v) is 5.74. The number of halogens is 1. The minimum absolute atomic E-state index is 0.115. The van der Waals surface area contributed by atoms with Gasteiger partial charge >= 0.3 is 0 Å². The highest BCUT2D eigenvalue weighted by Gasteiger charge is 2.25. The number of hydrogen-bond acceptors (Lipinski definition) is 4. The molecule has 1 aromatic carbocycles. The van der Waals surface area contributed by atoms with Gasteiger partial charge in [-0.1, -0.05) is 0 Å². The zero-order valence-corrected chi connectivity index (χ0v) is 11.6. The maximum absolute atomic E-state index is 13.1. The topological polar surface area (TPSA) is 102 Å². The van der Waals surface area contributed by atoms with Crippen molar-refractivity contribution in [2.75, 3.05) is 0 Å². The van der Waals surface area contributed by atoms with Crippen LogP contribution in [0, 0.1) is 31.0 Å². The minimum atomic E-state index is -4.15. The fourth-order valence-electron chi connectivity index (χ4n) is 1.92. The summed E-state index contributed by atoms with van der Waals surface area (Å²) in [6, 6.07) is 5.58. The SMILES string of the molecule is Cc1cc(F)ccc1-n1nc(C)c(C#N)c1S(N)(=O)=O. The van der Waals surface area contributed by atoms with Gasteiger partial charge in [-0.3, -0.25) is 0 Å². The van der Waals surface area contributed by atoms with Gasteiger partial charge in [0.25, 0.3) is 10.0 Å². The summed E-state index contributed by atoms with van der Waals surface area (Å²) in [7, 11) is -4.15. The molecule has 6 nitrogen and oxygen atoms in total. The molecular formula is C12H11FN4O2S. The standard InChI is InChI=1S/C12H11FN4O2S/c1-7-5-9(13)3-4-11(7)17-12(20(15,18)19)10(6-14)8(2)16-17/h3-5H,1-2H3,(H2,15,18,19). The van der Waals surface area contributed by atoms with Crippen LogP contribution in [0.15, 0.2) is 23.2 Å². The molecule has 0 amide bonds. The number of primary sulfonamides is 1. The van der Waals surface area contributed by atoms with Crippen LogP contribution < -0.4 is 5.14 Å². The minimum Gasteiger partial charge on any atom is -0.223 e. The molecule has 0 fully saturated rings. The van der Waals surface area contributed by atoms with E-state index in [1.165, 1.54) is 25.1 Å². The average molecular weight is 294 g/mol. The number of nitrogens with zero attached hydrogens (tertiary/aromatic N) is 3. The zero-order valence-electron chi connectivity index (χ0n) is 10.8. The number of aryl methyl sites for hydroxylation is 2. The van der Waals surface area contributed by atoms with Gasteiger partial charge in [0.05, 0.1) is 11.4 Å². The number of rotatable bonds is 2. The molecule has 1 heterocycles. The van der Waals surface area contributed by atoms with E-state index in [9.17, 15) is 12.8 Å². The Hall–Kier alpha value is -2.24. The quantitative estimate of drug-likeness (QED) is 0.897. The summed E-state index contributed by atoms with van der Waals surface area (Å²) in [6.45, 7) is 3.11. The second-order valence-electron chi connectivity index (χ2n) is 4.26. The maximum atomic E-state index is 13.1. The summed E-state index contributed by atoms with van der Waals surface area (Å²) in [5, 5.41) is 17.8. The van der Waals surface area contributed by atoms with E-state index in [2.05, 4.69) is 5.10 Å². The lowest BCUT2D eigenvalue weighted by Crippen LogP contribution is -2.18. The third-order valence-electron chi connectivity index (χ3n) is 2.79. The van der Waals surface area contributed by atoms with E-state index in [0.717, 1.165) is 4.68 Å². The molecule has 104 valence electrons. The van der Waals surface area contributed by atoms with E-state index >= 15 is 0 Å². The molecule has 1 aromatic heterocycles. The van der Waals surface area contributed by atoms with Crippen LogP contribution in [-0.4, -0.2) is 18.2 Å². The fraction of sp³-hybridized carbons (Fsp3) is 0.167. The predicted octanol–water partition coefficient (Wildman–Crippen LogP) is 1.15. The van der Waals surface area contributed by atoms with E-state index in [0.29, 0.717) is 11.3 Å². The van der Waals surface area contributed by atoms with Crippen molar-refractivity contribution in [1.29, 1.82) is 5.26 Å². The predicted molar refractivity (Wildman–Crippen MR) is 69.1 cm³/mol. The van der Waals surface area contributed by atoms with E-state index < -0.39 is 20.9 Å². The first-order valence-electron chi connectivity index (χ1n) is 5.54. The Labute approximate surface area is 115 Å². The molecule has 0 saturated heterocycles. The molecule has 0 atom stereocenters. The van der Waals surface area contributed by atoms with Crippen LogP contribution >= 0.6 is 0 Å². The van der Waals surface area contributed by atoms with Gasteiger partial charge in [-0.15, -0.1) is 0 Å². The molecule has 0 radical (unpaired) electrons. The molecule has 2 N–H and O–H groups in total. The molecule has 0 saturated carbocycles. The number of benzene rings is 1. The van der Waals surface area contributed by atoms with Crippen molar-refractivity contribution in [3.63, 3.8) is 0 Å². The van der Waals surface area contributed by atoms with Crippen LogP contribution in [0.1, 0.15) is 16.8 Å². The number of aromatic nitrogens is 2. The van der Waals surface area contributed by atoms with Crippen LogP contribution in [0.25, 0.3) is 5.69 Å². The second kappa shape index (κ2) is 4.70. The summed E-state index contributed by atoms with van der Waals surface area (Å²) < 4.78 is 37.6. The summed E-state index contributed by atoms with van der Waals surface area (Å²) >= 11 is 0. The first-order valence-corrected chi connectivity index (χ1v) is 7.09. The molecule has 0 spiro atoms. The van der Waals surface area contributed by atoms with Crippen molar-refractivity contribution in [1.82, 2.24) is 9.78 Å². The lowest BCUT2D eigenvalue weighted by Gasteiger charge is -2.09. The molecule has 8 heteroatoms. The maximum Gasteiger partial charge on any atom is 0.257 e. The Morgan fingerprint density at radius 3 is 2.55 bits per heavy atom. The number of nitriles is 1. The third-order valence-corrected chi connectivity index (χ3v) is 3.70. The molecule has 2 aromatic rings. The first kappa shape index (κ1) is 14.2. The third kappa shape index (κ3) is 2.29. The summed E-state index contributed by atoms with van der Waals surface area (Å²) in [5.41, 5.74) is 0.943. The van der Waals surface area contributed by atoms with Gasteiger partial charge in [-0.25, -0.2) is 22.6 Å². The zero-order chi connectivity index (χ0) is 15.1. The number of hydrogen-bond donors (Lipinski definition) is 1. The Balaban J connectivity index is 2.86. The van der Waals surface area contributed by atoms with Crippen molar-refractivity contribution in [2.24, 2.45) is 5.14 Å². The molecule has 0 aliphatic carbocycles. The van der Waals surface area contributed by atoms with Crippen molar-refractivity contribution in [3.05, 3.63) is 40.8 Å². The van der Waals surface area contributed by atoms with Crippen LogP contribution in [-0.2, 0) is 10.0 Å². The molecular weight excluding hydrogens is 283 g/mol. The lowest BCUT2D eigenvalue weighted by atomic mass is 10.2. The molecule has 0 bridgehead atoms. The molecule has 0 unspecified atom stereocenters. The number of nitrogens with two attached hydrogens (primary N) is 1. The van der Waals surface area contributed by atoms with Crippen LogP contribution in [0.2, 0.25) is 0 Å². The monoisotopic (exact) mass is 294 g/mol. The van der Waals surface area contributed by atoms with E-state index in [4.69, 9.17) is 10.4 Å². The lowest BCUT2D eigenvalue weighted by molar-refractivity contribution is 0.586. The Morgan fingerprint density at radius 2 is 2.05 bits per heavy atom. The first-order chi connectivity index (χ1) is 9.25. The van der Waals surface area contributed by atoms with Crippen LogP contribution in [0.5, 0.6) is 0 Å². The number of sulfonamides is 1. The largest absolute Gasteiger partial charge is 0.257 e. The van der Waals surface area contributed by atoms with E-state index in [1.54, 1.807) is 13.0 Å². The van der Waals surface area contributed by atoms with Gasteiger partial charge in [0.15, 0.2) is 5.03 Å². The normalized spacial score (nSPS) is 11.3. The molecule has 20 heavy (non-hydrogen) atoms. The highest BCUT2D eigenvalue weighted by Crippen LogP contribution is 2.23. The molecule has 2 rings (SSSR count). The Kier molecular flexibility index (Phi) is 3.33. The van der Waals surface area contributed by atoms with Gasteiger partial charge in [0, 0.05) is 0 Å². The summed E-state index contributed by atoms with van der Waals surface area (Å²) in [5.74, 6) is -0.451. The van der Waals surface area contributed by atoms with Crippen molar-refractivity contribution >= 4 is 10.0 Å². The van der Waals surface area contributed by atoms with E-state index in [1.807, 2.05) is 0 Å². The van der Waals surface area contributed by atoms with E-state index in [-0.39, 0.29) is 11.3 Å². The van der Waals surface area contributed by atoms with Gasteiger partial charge in [-0.05, 0) is 37.6 Å². The van der Waals surface area contributed by atoms with Crippen LogP contribution in [0.3, 0.4) is 0 Å². The fourth-order valence-corrected chi connectivity index (χ4v) is 2.78. The van der Waals surface area contributed by atoms with Crippen molar-refractivity contribution in [3.8, 4) is 11.8 Å². The molecule has 0 aliphatic rings. The van der Waals surface area contributed by atoms with Crippen LogP contribution in [0.4, 0.5) is 4.39 Å². The smallest absolute Gasteiger partial charge is 0.223 e. The highest BCUT2D eigenvalue weighted by molar-refractivity contribution is 7.89. The highest BCUT2D eigenvalue weighted by atomic mass is 32.2. The average Bonchev–Trinajstić information content (AvgIpc) is 2.65. The van der Waals surface area contributed by atoms with Gasteiger partial charge in [0.1, 0.15) is 17.4 Å². The Bertz CT molecular complexity index is 834. The van der Waals surface area contributed by atoms with Crippen molar-refractivity contribution < 1.29 is 12.8 Å². The summed E-state index contributed by atoms with van der Waals surface area (Å²) in [6.07, 6.45) is 0. The molecule has 0 aliphatic heterocycles. The van der Waals surface area contributed by atoms with Crippen molar-refractivity contribution in [2.45, 2.75) is 18.9 Å². The Morgan fingerprint density at radius 1 is 1.40 bits per heavy atom. The van der Waals surface area contributed by atoms with Gasteiger partial charge < -0.3 is 0 Å². The van der Waals surface area contributed by atoms with Gasteiger partial charge in [-0.2, -0.15) is 10.4 Å².